The number of anilines is 1. The molecule has 2 aromatic carbocycles. The Morgan fingerprint density at radius 1 is 1.14 bits per heavy atom. The normalized spacial score (nSPS) is 15.6. The number of benzene rings is 2. The van der Waals surface area contributed by atoms with Crippen molar-refractivity contribution >= 4 is 29.5 Å². The summed E-state index contributed by atoms with van der Waals surface area (Å²) in [5.41, 5.74) is 3.16. The van der Waals surface area contributed by atoms with Gasteiger partial charge in [0, 0.05) is 37.3 Å². The molecule has 1 aromatic heterocycles. The quantitative estimate of drug-likeness (QED) is 0.417. The van der Waals surface area contributed by atoms with Crippen molar-refractivity contribution in [1.29, 1.82) is 0 Å². The van der Waals surface area contributed by atoms with Gasteiger partial charge in [0.25, 0.3) is 5.91 Å². The molecule has 1 aliphatic heterocycles. The Hall–Kier alpha value is -3.50. The molecular weight excluding hydrogens is 511 g/mol. The van der Waals surface area contributed by atoms with E-state index in [2.05, 4.69) is 4.74 Å². The molecule has 0 radical (unpaired) electrons. The summed E-state index contributed by atoms with van der Waals surface area (Å²) in [6, 6.07) is 12.6. The smallest absolute Gasteiger partial charge is 0.406 e. The molecule has 0 saturated carbocycles. The van der Waals surface area contributed by atoms with E-state index in [-0.39, 0.29) is 26.1 Å². The number of likely N-dealkylation sites (N-methyl/N-ethyl adjacent to an activating group) is 1. The van der Waals surface area contributed by atoms with Crippen molar-refractivity contribution in [3.05, 3.63) is 70.4 Å². The van der Waals surface area contributed by atoms with E-state index in [9.17, 15) is 27.9 Å². The highest BCUT2D eigenvalue weighted by atomic mass is 35.5. The van der Waals surface area contributed by atoms with E-state index in [1.807, 2.05) is 0 Å². The number of ether oxygens (including phenoxy) is 1. The Balaban J connectivity index is 1.94. The molecule has 1 atom stereocenters. The molecular formula is C26H25ClF3N3O4. The van der Waals surface area contributed by atoms with Crippen LogP contribution in [0.2, 0.25) is 5.02 Å². The van der Waals surface area contributed by atoms with E-state index >= 15 is 0 Å². The maximum absolute atomic E-state index is 13.8. The van der Waals surface area contributed by atoms with E-state index in [4.69, 9.17) is 11.6 Å². The number of amides is 1. The number of aldehydes is 1. The first-order valence-corrected chi connectivity index (χ1v) is 11.9. The van der Waals surface area contributed by atoms with Gasteiger partial charge in [-0.3, -0.25) is 9.59 Å². The number of aliphatic hydroxyl groups is 1. The summed E-state index contributed by atoms with van der Waals surface area (Å²) in [7, 11) is 1.68. The molecule has 1 N–H and O–H groups in total. The fraction of sp³-hybridized carbons (Fsp3) is 0.308. The van der Waals surface area contributed by atoms with Crippen LogP contribution in [0.25, 0.3) is 11.3 Å². The largest absolute Gasteiger partial charge is 0.573 e. The number of carbonyl (C=O) groups is 2. The van der Waals surface area contributed by atoms with Gasteiger partial charge in [-0.15, -0.1) is 13.2 Å². The summed E-state index contributed by atoms with van der Waals surface area (Å²) in [4.78, 5) is 28.9. The van der Waals surface area contributed by atoms with Crippen molar-refractivity contribution in [3.8, 4) is 17.0 Å². The summed E-state index contributed by atoms with van der Waals surface area (Å²) < 4.78 is 44.6. The number of alkyl halides is 3. The minimum Gasteiger partial charge on any atom is -0.406 e. The summed E-state index contributed by atoms with van der Waals surface area (Å²) >= 11 is 6.04. The predicted molar refractivity (Wildman–Crippen MR) is 133 cm³/mol. The molecule has 196 valence electrons. The van der Waals surface area contributed by atoms with Gasteiger partial charge in [0.15, 0.2) is 12.5 Å². The standard InChI is InChI=1S/C26H25ClF3N3O4/c1-16-22(18-5-3-6-20(13-18)37-26(28,29)30)33(14-17-7-9-19(27)10-8-17)24-23(16)31(2)21(15-35)32(25(24)36)11-4-12-34/h3,5-10,13,15,21,34H,4,11-12,14H2,1-2H3. The topological polar surface area (TPSA) is 75.0 Å². The van der Waals surface area contributed by atoms with Crippen LogP contribution >= 0.6 is 11.6 Å². The second-order valence-corrected chi connectivity index (χ2v) is 9.13. The van der Waals surface area contributed by atoms with E-state index in [0.717, 1.165) is 5.56 Å². The molecule has 0 spiro atoms. The molecule has 37 heavy (non-hydrogen) atoms. The molecule has 11 heteroatoms. The van der Waals surface area contributed by atoms with Crippen molar-refractivity contribution in [2.24, 2.45) is 0 Å². The zero-order chi connectivity index (χ0) is 26.9. The third-order valence-corrected chi connectivity index (χ3v) is 6.53. The van der Waals surface area contributed by atoms with Crippen LogP contribution < -0.4 is 9.64 Å². The van der Waals surface area contributed by atoms with Gasteiger partial charge in [0.05, 0.1) is 11.4 Å². The van der Waals surface area contributed by atoms with Crippen LogP contribution in [-0.4, -0.2) is 59.5 Å². The fourth-order valence-electron chi connectivity index (χ4n) is 4.76. The molecule has 1 amide bonds. The Morgan fingerprint density at radius 2 is 1.84 bits per heavy atom. The lowest BCUT2D eigenvalue weighted by molar-refractivity contribution is -0.274. The summed E-state index contributed by atoms with van der Waals surface area (Å²) in [5.74, 6) is -0.804. The summed E-state index contributed by atoms with van der Waals surface area (Å²) in [6.07, 6.45) is -4.83. The lowest BCUT2D eigenvalue weighted by Crippen LogP contribution is -2.55. The maximum atomic E-state index is 13.8. The number of hydrogen-bond donors (Lipinski definition) is 1. The first kappa shape index (κ1) is 26.6. The summed E-state index contributed by atoms with van der Waals surface area (Å²) in [5, 5.41) is 9.86. The zero-order valence-corrected chi connectivity index (χ0v) is 20.9. The molecule has 1 unspecified atom stereocenters. The maximum Gasteiger partial charge on any atom is 0.573 e. The van der Waals surface area contributed by atoms with Crippen LogP contribution in [0.1, 0.15) is 28.0 Å². The Labute approximate surface area is 216 Å². The van der Waals surface area contributed by atoms with Crippen LogP contribution in [-0.2, 0) is 11.3 Å². The van der Waals surface area contributed by atoms with E-state index in [1.165, 1.54) is 23.1 Å². The van der Waals surface area contributed by atoms with Crippen molar-refractivity contribution in [2.45, 2.75) is 32.4 Å². The van der Waals surface area contributed by atoms with Crippen LogP contribution in [0.4, 0.5) is 18.9 Å². The van der Waals surface area contributed by atoms with Gasteiger partial charge in [0.2, 0.25) is 0 Å². The average Bonchev–Trinajstić information content (AvgIpc) is 3.13. The van der Waals surface area contributed by atoms with Crippen molar-refractivity contribution < 1.29 is 32.6 Å². The number of hydrogen-bond acceptors (Lipinski definition) is 5. The zero-order valence-electron chi connectivity index (χ0n) is 20.1. The molecule has 0 aliphatic carbocycles. The van der Waals surface area contributed by atoms with Gasteiger partial charge in [-0.2, -0.15) is 0 Å². The van der Waals surface area contributed by atoms with Crippen LogP contribution in [0.3, 0.4) is 0 Å². The molecule has 0 saturated heterocycles. The van der Waals surface area contributed by atoms with Crippen molar-refractivity contribution in [2.75, 3.05) is 25.1 Å². The van der Waals surface area contributed by atoms with E-state index < -0.39 is 24.2 Å². The number of aliphatic hydroxyl groups excluding tert-OH is 1. The van der Waals surface area contributed by atoms with Crippen LogP contribution in [0, 0.1) is 6.92 Å². The number of aromatic nitrogens is 1. The molecule has 0 bridgehead atoms. The lowest BCUT2D eigenvalue weighted by atomic mass is 10.1. The Morgan fingerprint density at radius 3 is 2.46 bits per heavy atom. The van der Waals surface area contributed by atoms with Crippen molar-refractivity contribution in [3.63, 3.8) is 0 Å². The number of carbonyl (C=O) groups excluding carboxylic acids is 2. The first-order valence-electron chi connectivity index (χ1n) is 11.5. The van der Waals surface area contributed by atoms with Crippen molar-refractivity contribution in [1.82, 2.24) is 9.47 Å². The first-order chi connectivity index (χ1) is 17.6. The van der Waals surface area contributed by atoms with Gasteiger partial charge in [-0.05, 0) is 48.7 Å². The molecule has 0 fully saturated rings. The number of rotatable bonds is 8. The lowest BCUT2D eigenvalue weighted by Gasteiger charge is -2.40. The minimum atomic E-state index is -4.86. The second-order valence-electron chi connectivity index (χ2n) is 8.70. The highest BCUT2D eigenvalue weighted by Gasteiger charge is 2.41. The third-order valence-electron chi connectivity index (χ3n) is 6.28. The van der Waals surface area contributed by atoms with Gasteiger partial charge in [0.1, 0.15) is 11.4 Å². The molecule has 4 rings (SSSR count). The molecule has 2 heterocycles. The average molecular weight is 536 g/mol. The third kappa shape index (κ3) is 5.30. The van der Waals surface area contributed by atoms with Crippen LogP contribution in [0.5, 0.6) is 5.75 Å². The van der Waals surface area contributed by atoms with Gasteiger partial charge in [-0.25, -0.2) is 0 Å². The molecule has 7 nitrogen and oxygen atoms in total. The Kier molecular flexibility index (Phi) is 7.52. The second kappa shape index (κ2) is 10.5. The monoisotopic (exact) mass is 535 g/mol. The van der Waals surface area contributed by atoms with Gasteiger partial charge >= 0.3 is 6.36 Å². The minimum absolute atomic E-state index is 0.151. The van der Waals surface area contributed by atoms with Crippen LogP contribution in [0.15, 0.2) is 48.5 Å². The van der Waals surface area contributed by atoms with E-state index in [0.29, 0.717) is 39.5 Å². The molecule has 3 aromatic rings. The Bertz CT molecular complexity index is 1310. The highest BCUT2D eigenvalue weighted by molar-refractivity contribution is 6.30. The van der Waals surface area contributed by atoms with Gasteiger partial charge in [-0.1, -0.05) is 35.9 Å². The molecule has 1 aliphatic rings. The van der Waals surface area contributed by atoms with E-state index in [1.54, 1.807) is 53.8 Å². The predicted octanol–water partition coefficient (Wildman–Crippen LogP) is 4.86. The summed E-state index contributed by atoms with van der Waals surface area (Å²) in [6.45, 7) is 1.97. The highest BCUT2D eigenvalue weighted by Crippen LogP contribution is 2.42. The SMILES string of the molecule is Cc1c2c(n(Cc3ccc(Cl)cc3)c1-c1cccc(OC(F)(F)F)c1)C(=O)N(CCCO)C(C=O)N2C. The number of fused-ring (bicyclic) bond motifs is 1. The number of halogens is 4. The number of nitrogens with zero attached hydrogens (tertiary/aromatic N) is 3. The fourth-order valence-corrected chi connectivity index (χ4v) is 4.89. The van der Waals surface area contributed by atoms with Gasteiger partial charge < -0.3 is 24.2 Å².